The zero-order chi connectivity index (χ0) is 25.3. The number of anilines is 1. The van der Waals surface area contributed by atoms with E-state index in [1.807, 2.05) is 34.6 Å². The van der Waals surface area contributed by atoms with Crippen molar-refractivity contribution in [3.63, 3.8) is 0 Å². The van der Waals surface area contributed by atoms with Crippen LogP contribution in [0.5, 0.6) is 0 Å². The van der Waals surface area contributed by atoms with Gasteiger partial charge in [0, 0.05) is 26.1 Å². The maximum atomic E-state index is 13.4. The molecule has 1 aromatic carbocycles. The van der Waals surface area contributed by atoms with Crippen LogP contribution in [0.3, 0.4) is 0 Å². The van der Waals surface area contributed by atoms with E-state index < -0.39 is 10.0 Å². The van der Waals surface area contributed by atoms with Crippen LogP contribution in [0.25, 0.3) is 0 Å². The number of amides is 1. The number of hydrogen-bond acceptors (Lipinski definition) is 5. The first kappa shape index (κ1) is 26.2. The first-order valence-electron chi connectivity index (χ1n) is 11.8. The van der Waals surface area contributed by atoms with Gasteiger partial charge in [0.1, 0.15) is 11.4 Å². The van der Waals surface area contributed by atoms with Gasteiger partial charge < -0.3 is 10.1 Å². The fourth-order valence-corrected chi connectivity index (χ4v) is 5.24. The SMILES string of the molecule is COC1CCC(c2nn(C)c(C(=O)N[C@@H](C)C(C)(C)C)c2NS(=O)(=O)c2ccc(C)cc2)CC1. The third-order valence-corrected chi connectivity index (χ3v) is 8.26. The van der Waals surface area contributed by atoms with Crippen molar-refractivity contribution >= 4 is 21.6 Å². The normalized spacial score (nSPS) is 20.1. The molecule has 8 nitrogen and oxygen atoms in total. The molecule has 1 aliphatic rings. The standard InChI is InChI=1S/C25H38N4O4S/c1-16-8-14-20(15-9-16)34(31,32)28-22-21(18-10-12-19(33-7)13-11-18)27-29(6)23(22)24(30)26-17(2)25(3,4)5/h8-9,14-15,17-19,28H,10-13H2,1-7H3,(H,26,30)/t17-,18?,19?/m0/s1. The molecule has 0 bridgehead atoms. The molecule has 9 heteroatoms. The van der Waals surface area contributed by atoms with E-state index in [2.05, 4.69) is 15.1 Å². The fraction of sp³-hybridized carbons (Fsp3) is 0.600. The number of nitrogens with one attached hydrogen (secondary N) is 2. The lowest BCUT2D eigenvalue weighted by atomic mass is 9.84. The number of sulfonamides is 1. The van der Waals surface area contributed by atoms with E-state index >= 15 is 0 Å². The Bertz CT molecular complexity index is 1110. The number of hydrogen-bond donors (Lipinski definition) is 2. The van der Waals surface area contributed by atoms with Gasteiger partial charge >= 0.3 is 0 Å². The quantitative estimate of drug-likeness (QED) is 0.600. The van der Waals surface area contributed by atoms with Crippen LogP contribution in [-0.2, 0) is 21.8 Å². The third kappa shape index (κ3) is 5.81. The van der Waals surface area contributed by atoms with Gasteiger partial charge in [0.05, 0.1) is 16.7 Å². The molecule has 1 amide bonds. The molecule has 3 rings (SSSR count). The number of aromatic nitrogens is 2. The monoisotopic (exact) mass is 490 g/mol. The van der Waals surface area contributed by atoms with Crippen molar-refractivity contribution in [3.05, 3.63) is 41.2 Å². The van der Waals surface area contributed by atoms with Crippen molar-refractivity contribution in [2.24, 2.45) is 12.5 Å². The minimum Gasteiger partial charge on any atom is -0.381 e. The van der Waals surface area contributed by atoms with Gasteiger partial charge in [-0.05, 0) is 57.1 Å². The van der Waals surface area contributed by atoms with Crippen molar-refractivity contribution in [1.82, 2.24) is 15.1 Å². The summed E-state index contributed by atoms with van der Waals surface area (Å²) in [7, 11) is -0.515. The molecule has 1 atom stereocenters. The van der Waals surface area contributed by atoms with Crippen molar-refractivity contribution in [2.45, 2.75) is 83.3 Å². The van der Waals surface area contributed by atoms with E-state index in [1.54, 1.807) is 38.4 Å². The molecule has 34 heavy (non-hydrogen) atoms. The predicted octanol–water partition coefficient (Wildman–Crippen LogP) is 4.37. The summed E-state index contributed by atoms with van der Waals surface area (Å²) in [5.41, 5.74) is 1.91. The first-order valence-corrected chi connectivity index (χ1v) is 13.3. The number of aryl methyl sites for hydroxylation is 2. The molecule has 2 N–H and O–H groups in total. The van der Waals surface area contributed by atoms with E-state index in [0.29, 0.717) is 5.69 Å². The summed E-state index contributed by atoms with van der Waals surface area (Å²) in [5.74, 6) is -0.314. The maximum Gasteiger partial charge on any atom is 0.271 e. The minimum atomic E-state index is -3.91. The second kappa shape index (κ2) is 10.1. The van der Waals surface area contributed by atoms with Crippen LogP contribution < -0.4 is 10.0 Å². The van der Waals surface area contributed by atoms with Crippen molar-refractivity contribution in [2.75, 3.05) is 11.8 Å². The van der Waals surface area contributed by atoms with E-state index in [-0.39, 0.29) is 45.7 Å². The summed E-state index contributed by atoms with van der Waals surface area (Å²) >= 11 is 0. The van der Waals surface area contributed by atoms with E-state index in [0.717, 1.165) is 31.2 Å². The highest BCUT2D eigenvalue weighted by atomic mass is 32.2. The lowest BCUT2D eigenvalue weighted by Crippen LogP contribution is -2.42. The summed E-state index contributed by atoms with van der Waals surface area (Å²) in [4.78, 5) is 13.5. The molecule has 0 spiro atoms. The van der Waals surface area contributed by atoms with Gasteiger partial charge in [-0.1, -0.05) is 38.5 Å². The Balaban J connectivity index is 2.02. The Morgan fingerprint density at radius 1 is 1.15 bits per heavy atom. The average Bonchev–Trinajstić information content (AvgIpc) is 3.08. The highest BCUT2D eigenvalue weighted by Gasteiger charge is 2.33. The molecule has 1 heterocycles. The van der Waals surface area contributed by atoms with Crippen LogP contribution in [0.4, 0.5) is 5.69 Å². The minimum absolute atomic E-state index is 0.0370. The van der Waals surface area contributed by atoms with Crippen LogP contribution in [0.1, 0.15) is 81.0 Å². The summed E-state index contributed by atoms with van der Waals surface area (Å²) < 4.78 is 36.3. The lowest BCUT2D eigenvalue weighted by Gasteiger charge is -2.28. The molecule has 2 aromatic rings. The van der Waals surface area contributed by atoms with E-state index in [9.17, 15) is 13.2 Å². The first-order chi connectivity index (χ1) is 15.8. The second-order valence-corrected chi connectivity index (χ2v) is 12.1. The number of nitrogens with zero attached hydrogens (tertiary/aromatic N) is 2. The summed E-state index contributed by atoms with van der Waals surface area (Å²) in [6.07, 6.45) is 3.56. The predicted molar refractivity (Wildman–Crippen MR) is 134 cm³/mol. The molecule has 1 fully saturated rings. The molecule has 0 radical (unpaired) electrons. The Labute approximate surface area is 203 Å². The van der Waals surface area contributed by atoms with Gasteiger partial charge in [-0.2, -0.15) is 5.10 Å². The van der Waals surface area contributed by atoms with Gasteiger partial charge in [0.25, 0.3) is 15.9 Å². The van der Waals surface area contributed by atoms with Crippen LogP contribution in [0.2, 0.25) is 0 Å². The summed E-state index contributed by atoms with van der Waals surface area (Å²) in [6, 6.07) is 6.52. The molecule has 1 aliphatic carbocycles. The molecule has 1 aromatic heterocycles. The van der Waals surface area contributed by atoms with Crippen LogP contribution in [-0.4, -0.2) is 43.4 Å². The zero-order valence-electron chi connectivity index (χ0n) is 21.3. The second-order valence-electron chi connectivity index (χ2n) is 10.4. The summed E-state index contributed by atoms with van der Waals surface area (Å²) in [5, 5.41) is 7.68. The lowest BCUT2D eigenvalue weighted by molar-refractivity contribution is 0.0655. The van der Waals surface area contributed by atoms with Crippen molar-refractivity contribution in [1.29, 1.82) is 0 Å². The van der Waals surface area contributed by atoms with Gasteiger partial charge in [-0.3, -0.25) is 14.2 Å². The van der Waals surface area contributed by atoms with Crippen molar-refractivity contribution < 1.29 is 17.9 Å². The van der Waals surface area contributed by atoms with E-state index in [4.69, 9.17) is 4.74 Å². The van der Waals surface area contributed by atoms with Crippen molar-refractivity contribution in [3.8, 4) is 0 Å². The van der Waals surface area contributed by atoms with Gasteiger partial charge in [-0.25, -0.2) is 8.42 Å². The Morgan fingerprint density at radius 2 is 1.74 bits per heavy atom. The number of ether oxygens (including phenoxy) is 1. The Hall–Kier alpha value is -2.39. The molecule has 0 unspecified atom stereocenters. The van der Waals surface area contributed by atoms with Crippen LogP contribution in [0, 0.1) is 12.3 Å². The molecule has 1 saturated carbocycles. The average molecular weight is 491 g/mol. The number of carbonyl (C=O) groups excluding carboxylic acids is 1. The fourth-order valence-electron chi connectivity index (χ4n) is 4.16. The van der Waals surface area contributed by atoms with Gasteiger partial charge in [0.2, 0.25) is 0 Å². The van der Waals surface area contributed by atoms with Gasteiger partial charge in [0.15, 0.2) is 0 Å². The third-order valence-electron chi connectivity index (χ3n) is 6.90. The van der Waals surface area contributed by atoms with Gasteiger partial charge in [-0.15, -0.1) is 0 Å². The number of benzene rings is 1. The topological polar surface area (TPSA) is 102 Å². The van der Waals surface area contributed by atoms with E-state index in [1.165, 1.54) is 4.68 Å². The summed E-state index contributed by atoms with van der Waals surface area (Å²) in [6.45, 7) is 9.97. The molecular weight excluding hydrogens is 452 g/mol. The largest absolute Gasteiger partial charge is 0.381 e. The highest BCUT2D eigenvalue weighted by molar-refractivity contribution is 7.92. The number of carbonyl (C=O) groups is 1. The Morgan fingerprint density at radius 3 is 2.26 bits per heavy atom. The molecule has 188 valence electrons. The number of methoxy groups -OCH3 is 1. The zero-order valence-corrected chi connectivity index (χ0v) is 22.1. The smallest absolute Gasteiger partial charge is 0.271 e. The molecule has 0 saturated heterocycles. The maximum absolute atomic E-state index is 13.4. The van der Waals surface area contributed by atoms with Crippen LogP contribution >= 0.6 is 0 Å². The number of rotatable bonds is 7. The molecular formula is C25H38N4O4S. The van der Waals surface area contributed by atoms with Crippen LogP contribution in [0.15, 0.2) is 29.2 Å². The Kier molecular flexibility index (Phi) is 7.77. The molecule has 0 aliphatic heterocycles. The highest BCUT2D eigenvalue weighted by Crippen LogP contribution is 2.39.